The highest BCUT2D eigenvalue weighted by molar-refractivity contribution is 5.72. The molecule has 0 aliphatic rings. The summed E-state index contributed by atoms with van der Waals surface area (Å²) in [7, 11) is 0. The van der Waals surface area contributed by atoms with E-state index >= 15 is 0 Å². The van der Waals surface area contributed by atoms with Gasteiger partial charge in [-0.2, -0.15) is 0 Å². The molecule has 2 rings (SSSR count). The summed E-state index contributed by atoms with van der Waals surface area (Å²) in [5, 5.41) is 0. The Morgan fingerprint density at radius 1 is 1.39 bits per heavy atom. The third-order valence-electron chi connectivity index (χ3n) is 3.00. The van der Waals surface area contributed by atoms with Crippen molar-refractivity contribution in [2.45, 2.75) is 33.6 Å². The van der Waals surface area contributed by atoms with Crippen molar-refractivity contribution in [3.63, 3.8) is 0 Å². The molecule has 96 valence electrons. The van der Waals surface area contributed by atoms with Crippen molar-refractivity contribution in [3.05, 3.63) is 35.3 Å². The number of ether oxygens (including phenoxy) is 1. The average molecular weight is 246 g/mol. The van der Waals surface area contributed by atoms with Gasteiger partial charge in [-0.3, -0.25) is 4.79 Å². The molecule has 4 heteroatoms. The first-order valence-electron chi connectivity index (χ1n) is 6.27. The van der Waals surface area contributed by atoms with E-state index < -0.39 is 0 Å². The summed E-state index contributed by atoms with van der Waals surface area (Å²) >= 11 is 0. The Hall–Kier alpha value is -1.84. The molecule has 4 nitrogen and oxygen atoms in total. The lowest BCUT2D eigenvalue weighted by atomic mass is 10.2. The van der Waals surface area contributed by atoms with Crippen LogP contribution in [-0.2, 0) is 22.4 Å². The summed E-state index contributed by atoms with van der Waals surface area (Å²) in [5.74, 6) is -0.204. The number of nitrogens with zero attached hydrogens (tertiary/aromatic N) is 2. The molecule has 0 fully saturated rings. The minimum Gasteiger partial charge on any atom is -0.466 e. The molecule has 0 aliphatic heterocycles. The molecule has 0 radical (unpaired) electrons. The molecule has 0 saturated carbocycles. The van der Waals surface area contributed by atoms with E-state index in [1.165, 1.54) is 5.56 Å². The van der Waals surface area contributed by atoms with Gasteiger partial charge in [0.2, 0.25) is 0 Å². The number of hydrogen-bond donors (Lipinski definition) is 0. The van der Waals surface area contributed by atoms with Crippen LogP contribution in [0.1, 0.15) is 30.8 Å². The van der Waals surface area contributed by atoms with Crippen molar-refractivity contribution >= 4 is 11.6 Å². The highest BCUT2D eigenvalue weighted by atomic mass is 16.5. The number of hydrogen-bond acceptors (Lipinski definition) is 3. The Morgan fingerprint density at radius 2 is 2.17 bits per heavy atom. The number of aryl methyl sites for hydroxylation is 2. The van der Waals surface area contributed by atoms with Crippen LogP contribution >= 0.6 is 0 Å². The zero-order chi connectivity index (χ0) is 13.1. The number of esters is 1. The molecular weight excluding hydrogens is 228 g/mol. The van der Waals surface area contributed by atoms with Gasteiger partial charge in [0.05, 0.1) is 24.4 Å². The van der Waals surface area contributed by atoms with E-state index in [1.807, 2.05) is 30.5 Å². The highest BCUT2D eigenvalue weighted by Crippen LogP contribution is 2.15. The fourth-order valence-corrected chi connectivity index (χ4v) is 2.03. The van der Waals surface area contributed by atoms with Crippen molar-refractivity contribution in [1.29, 1.82) is 0 Å². The SMILES string of the molecule is CCOC(=O)Cc1c(C)nc2ccc(CC)cn12. The van der Waals surface area contributed by atoms with E-state index in [2.05, 4.69) is 18.0 Å². The second kappa shape index (κ2) is 5.21. The lowest BCUT2D eigenvalue weighted by Crippen LogP contribution is -2.10. The third-order valence-corrected chi connectivity index (χ3v) is 3.00. The molecule has 2 heterocycles. The maximum absolute atomic E-state index is 11.6. The zero-order valence-corrected chi connectivity index (χ0v) is 11.1. The molecule has 0 aromatic carbocycles. The van der Waals surface area contributed by atoms with E-state index in [-0.39, 0.29) is 12.4 Å². The Bertz CT molecular complexity index is 572. The smallest absolute Gasteiger partial charge is 0.311 e. The monoisotopic (exact) mass is 246 g/mol. The van der Waals surface area contributed by atoms with Gasteiger partial charge in [0, 0.05) is 6.20 Å². The first-order valence-corrected chi connectivity index (χ1v) is 6.27. The number of imidazole rings is 1. The van der Waals surface area contributed by atoms with Gasteiger partial charge in [0.1, 0.15) is 5.65 Å². The van der Waals surface area contributed by atoms with E-state index in [9.17, 15) is 4.79 Å². The van der Waals surface area contributed by atoms with Gasteiger partial charge in [-0.25, -0.2) is 4.98 Å². The standard InChI is InChI=1S/C14H18N2O2/c1-4-11-6-7-13-15-10(3)12(16(13)9-11)8-14(17)18-5-2/h6-7,9H,4-5,8H2,1-3H3. The van der Waals surface area contributed by atoms with Crippen LogP contribution in [0.4, 0.5) is 0 Å². The molecule has 0 saturated heterocycles. The third kappa shape index (κ3) is 2.37. The summed E-state index contributed by atoms with van der Waals surface area (Å²) in [5.41, 5.74) is 3.91. The summed E-state index contributed by atoms with van der Waals surface area (Å²) in [6.45, 7) is 6.26. The molecule has 2 aromatic rings. The van der Waals surface area contributed by atoms with Crippen LogP contribution in [0, 0.1) is 6.92 Å². The van der Waals surface area contributed by atoms with Gasteiger partial charge in [-0.1, -0.05) is 13.0 Å². The predicted octanol–water partition coefficient (Wildman–Crippen LogP) is 2.31. The van der Waals surface area contributed by atoms with E-state index in [0.717, 1.165) is 23.5 Å². The Labute approximate surface area is 107 Å². The number of fused-ring (bicyclic) bond motifs is 1. The molecule has 0 aliphatic carbocycles. The van der Waals surface area contributed by atoms with Crippen molar-refractivity contribution < 1.29 is 9.53 Å². The van der Waals surface area contributed by atoms with E-state index in [4.69, 9.17) is 4.74 Å². The predicted molar refractivity (Wildman–Crippen MR) is 69.6 cm³/mol. The number of rotatable bonds is 4. The van der Waals surface area contributed by atoms with Crippen molar-refractivity contribution in [2.75, 3.05) is 6.61 Å². The van der Waals surface area contributed by atoms with Gasteiger partial charge in [0.25, 0.3) is 0 Å². The summed E-state index contributed by atoms with van der Waals surface area (Å²) in [4.78, 5) is 16.1. The molecule has 2 aromatic heterocycles. The molecule has 0 atom stereocenters. The maximum atomic E-state index is 11.6. The van der Waals surface area contributed by atoms with Crippen LogP contribution in [-0.4, -0.2) is 22.0 Å². The first-order chi connectivity index (χ1) is 8.65. The fraction of sp³-hybridized carbons (Fsp3) is 0.429. The fourth-order valence-electron chi connectivity index (χ4n) is 2.03. The minimum absolute atomic E-state index is 0.204. The molecule has 0 amide bonds. The van der Waals surface area contributed by atoms with Gasteiger partial charge in [0.15, 0.2) is 0 Å². The minimum atomic E-state index is -0.204. The van der Waals surface area contributed by atoms with Gasteiger partial charge >= 0.3 is 5.97 Å². The van der Waals surface area contributed by atoms with Crippen molar-refractivity contribution in [3.8, 4) is 0 Å². The Kier molecular flexibility index (Phi) is 3.65. The second-order valence-electron chi connectivity index (χ2n) is 4.24. The van der Waals surface area contributed by atoms with E-state index in [1.54, 1.807) is 0 Å². The van der Waals surface area contributed by atoms with Gasteiger partial charge in [-0.15, -0.1) is 0 Å². The molecule has 0 N–H and O–H groups in total. The normalized spacial score (nSPS) is 10.8. The molecule has 0 spiro atoms. The number of carbonyl (C=O) groups excluding carboxylic acids is 1. The molecule has 18 heavy (non-hydrogen) atoms. The van der Waals surface area contributed by atoms with Crippen LogP contribution in [0.25, 0.3) is 5.65 Å². The van der Waals surface area contributed by atoms with Gasteiger partial charge < -0.3 is 9.14 Å². The highest BCUT2D eigenvalue weighted by Gasteiger charge is 2.13. The van der Waals surface area contributed by atoms with Crippen molar-refractivity contribution in [2.24, 2.45) is 0 Å². The molecule has 0 bridgehead atoms. The van der Waals surface area contributed by atoms with Crippen molar-refractivity contribution in [1.82, 2.24) is 9.38 Å². The van der Waals surface area contributed by atoms with Gasteiger partial charge in [-0.05, 0) is 31.9 Å². The first kappa shape index (κ1) is 12.6. The quantitative estimate of drug-likeness (QED) is 0.777. The molecule has 0 unspecified atom stereocenters. The summed E-state index contributed by atoms with van der Waals surface area (Å²) in [6, 6.07) is 4.05. The molecular formula is C14H18N2O2. The van der Waals surface area contributed by atoms with Crippen LogP contribution in [0.15, 0.2) is 18.3 Å². The van der Waals surface area contributed by atoms with E-state index in [0.29, 0.717) is 6.61 Å². The largest absolute Gasteiger partial charge is 0.466 e. The number of aromatic nitrogens is 2. The number of pyridine rings is 1. The number of carbonyl (C=O) groups is 1. The second-order valence-corrected chi connectivity index (χ2v) is 4.24. The average Bonchev–Trinajstić information content (AvgIpc) is 2.65. The summed E-state index contributed by atoms with van der Waals surface area (Å²) < 4.78 is 6.99. The Balaban J connectivity index is 2.41. The summed E-state index contributed by atoms with van der Waals surface area (Å²) in [6.07, 6.45) is 3.28. The Morgan fingerprint density at radius 3 is 2.83 bits per heavy atom. The lowest BCUT2D eigenvalue weighted by molar-refractivity contribution is -0.142. The zero-order valence-electron chi connectivity index (χ0n) is 11.1. The van der Waals surface area contributed by atoms with Crippen LogP contribution in [0.5, 0.6) is 0 Å². The van der Waals surface area contributed by atoms with Crippen LogP contribution in [0.2, 0.25) is 0 Å². The van der Waals surface area contributed by atoms with Crippen LogP contribution in [0.3, 0.4) is 0 Å². The van der Waals surface area contributed by atoms with Crippen LogP contribution < -0.4 is 0 Å². The lowest BCUT2D eigenvalue weighted by Gasteiger charge is -2.05. The topological polar surface area (TPSA) is 43.6 Å². The maximum Gasteiger partial charge on any atom is 0.311 e.